The molecule has 1 N–H and O–H groups in total. The third kappa shape index (κ3) is 4.30. The van der Waals surface area contributed by atoms with Crippen molar-refractivity contribution in [1.29, 1.82) is 0 Å². The summed E-state index contributed by atoms with van der Waals surface area (Å²) in [5.74, 6) is 1.27. The molecule has 1 aromatic heterocycles. The summed E-state index contributed by atoms with van der Waals surface area (Å²) in [6.45, 7) is 0.224. The summed E-state index contributed by atoms with van der Waals surface area (Å²) >= 11 is 5.59. The van der Waals surface area contributed by atoms with Crippen LogP contribution in [-0.4, -0.2) is 17.7 Å². The van der Waals surface area contributed by atoms with E-state index < -0.39 is 0 Å². The van der Waals surface area contributed by atoms with Crippen molar-refractivity contribution >= 4 is 17.5 Å². The quantitative estimate of drug-likeness (QED) is 0.823. The van der Waals surface area contributed by atoms with Crippen molar-refractivity contribution in [2.75, 3.05) is 6.61 Å². The number of alkyl halides is 1. The van der Waals surface area contributed by atoms with Crippen LogP contribution in [0, 0.1) is 0 Å². The van der Waals surface area contributed by atoms with Gasteiger partial charge in [0.25, 0.3) is 5.91 Å². The molecule has 2 rings (SSSR count). The lowest BCUT2D eigenvalue weighted by Crippen LogP contribution is -2.28. The Bertz CT molecular complexity index is 528. The first-order valence-corrected chi connectivity index (χ1v) is 6.26. The molecular weight excluding hydrogens is 268 g/mol. The molecule has 0 radical (unpaired) electrons. The maximum absolute atomic E-state index is 11.5. The van der Waals surface area contributed by atoms with Gasteiger partial charge in [-0.15, -0.1) is 11.6 Å². The summed E-state index contributed by atoms with van der Waals surface area (Å²) in [4.78, 5) is 11.5. The summed E-state index contributed by atoms with van der Waals surface area (Å²) in [6.07, 6.45) is 0. The Labute approximate surface area is 115 Å². The number of hydrogen-bond acceptors (Lipinski definition) is 4. The van der Waals surface area contributed by atoms with Gasteiger partial charge < -0.3 is 14.6 Å². The number of nitrogens with one attached hydrogen (secondary N) is 1. The molecule has 2 aromatic rings. The first-order chi connectivity index (χ1) is 9.28. The van der Waals surface area contributed by atoms with E-state index in [1.54, 1.807) is 18.2 Å². The highest BCUT2D eigenvalue weighted by atomic mass is 35.5. The molecule has 0 fully saturated rings. The molecule has 1 heterocycles. The van der Waals surface area contributed by atoms with E-state index in [0.717, 1.165) is 0 Å². The van der Waals surface area contributed by atoms with E-state index >= 15 is 0 Å². The summed E-state index contributed by atoms with van der Waals surface area (Å²) in [5, 5.41) is 6.38. The van der Waals surface area contributed by atoms with E-state index in [1.165, 1.54) is 0 Å². The zero-order valence-corrected chi connectivity index (χ0v) is 10.9. The van der Waals surface area contributed by atoms with Gasteiger partial charge in [-0.25, -0.2) is 0 Å². The van der Waals surface area contributed by atoms with Crippen LogP contribution in [0.3, 0.4) is 0 Å². The highest BCUT2D eigenvalue weighted by Crippen LogP contribution is 2.08. The predicted molar refractivity (Wildman–Crippen MR) is 69.8 cm³/mol. The molecule has 0 bridgehead atoms. The summed E-state index contributed by atoms with van der Waals surface area (Å²) in [5.41, 5.74) is 0.645. The summed E-state index contributed by atoms with van der Waals surface area (Å²) in [6, 6.07) is 10.8. The first-order valence-electron chi connectivity index (χ1n) is 5.73. The Morgan fingerprint density at radius 2 is 2.16 bits per heavy atom. The molecule has 5 nitrogen and oxygen atoms in total. The molecule has 0 spiro atoms. The molecule has 0 unspecified atom stereocenters. The second kappa shape index (κ2) is 6.80. The van der Waals surface area contributed by atoms with Crippen LogP contribution in [-0.2, 0) is 17.2 Å². The van der Waals surface area contributed by atoms with Crippen LogP contribution in [0.4, 0.5) is 0 Å². The molecule has 100 valence electrons. The minimum Gasteiger partial charge on any atom is -0.484 e. The molecule has 0 atom stereocenters. The van der Waals surface area contributed by atoms with Crippen molar-refractivity contribution in [3.8, 4) is 5.75 Å². The van der Waals surface area contributed by atoms with Gasteiger partial charge in [-0.2, -0.15) is 0 Å². The Morgan fingerprint density at radius 3 is 2.84 bits per heavy atom. The number of rotatable bonds is 6. The molecule has 0 aliphatic heterocycles. The van der Waals surface area contributed by atoms with Gasteiger partial charge >= 0.3 is 0 Å². The Kier molecular flexibility index (Phi) is 4.80. The lowest BCUT2D eigenvalue weighted by molar-refractivity contribution is -0.123. The second-order valence-electron chi connectivity index (χ2n) is 3.80. The maximum Gasteiger partial charge on any atom is 0.258 e. The summed E-state index contributed by atoms with van der Waals surface area (Å²) in [7, 11) is 0. The zero-order chi connectivity index (χ0) is 13.5. The number of ether oxygens (including phenoxy) is 1. The third-order valence-electron chi connectivity index (χ3n) is 2.32. The fraction of sp³-hybridized carbons (Fsp3) is 0.231. The second-order valence-corrected chi connectivity index (χ2v) is 4.06. The average molecular weight is 281 g/mol. The van der Waals surface area contributed by atoms with Crippen molar-refractivity contribution in [3.05, 3.63) is 47.9 Å². The zero-order valence-electron chi connectivity index (χ0n) is 10.1. The Balaban J connectivity index is 1.73. The molecule has 1 aromatic carbocycles. The number of amides is 1. The van der Waals surface area contributed by atoms with Crippen LogP contribution in [0.25, 0.3) is 0 Å². The normalized spacial score (nSPS) is 10.2. The fourth-order valence-corrected chi connectivity index (χ4v) is 1.53. The lowest BCUT2D eigenvalue weighted by Gasteiger charge is -2.05. The molecule has 0 aliphatic rings. The largest absolute Gasteiger partial charge is 0.484 e. The van der Waals surface area contributed by atoms with Gasteiger partial charge in [0, 0.05) is 6.07 Å². The highest BCUT2D eigenvalue weighted by molar-refractivity contribution is 6.16. The van der Waals surface area contributed by atoms with E-state index in [1.807, 2.05) is 18.2 Å². The highest BCUT2D eigenvalue weighted by Gasteiger charge is 2.06. The van der Waals surface area contributed by atoms with Gasteiger partial charge in [-0.3, -0.25) is 4.79 Å². The van der Waals surface area contributed by atoms with Crippen LogP contribution in [0.1, 0.15) is 11.5 Å². The van der Waals surface area contributed by atoms with Gasteiger partial charge in [0.15, 0.2) is 12.4 Å². The predicted octanol–water partition coefficient (Wildman–Crippen LogP) is 2.11. The van der Waals surface area contributed by atoms with Crippen LogP contribution >= 0.6 is 11.6 Å². The number of halogens is 1. The number of carbonyl (C=O) groups is 1. The van der Waals surface area contributed by atoms with Crippen LogP contribution in [0.5, 0.6) is 5.75 Å². The standard InChI is InChI=1S/C13H13ClN2O3/c14-7-10-6-12(19-16-10)8-15-13(17)9-18-11-4-2-1-3-5-11/h1-6H,7-9H2,(H,15,17). The summed E-state index contributed by atoms with van der Waals surface area (Å²) < 4.78 is 10.3. The van der Waals surface area contributed by atoms with Crippen molar-refractivity contribution in [1.82, 2.24) is 10.5 Å². The minimum absolute atomic E-state index is 0.0412. The average Bonchev–Trinajstić information content (AvgIpc) is 2.92. The molecule has 0 saturated carbocycles. The topological polar surface area (TPSA) is 64.4 Å². The van der Waals surface area contributed by atoms with Crippen molar-refractivity contribution < 1.29 is 14.1 Å². The molecule has 0 aliphatic carbocycles. The van der Waals surface area contributed by atoms with E-state index in [9.17, 15) is 4.79 Å². The number of hydrogen-bond donors (Lipinski definition) is 1. The number of para-hydroxylation sites is 1. The van der Waals surface area contributed by atoms with Crippen LogP contribution < -0.4 is 10.1 Å². The molecule has 0 saturated heterocycles. The van der Waals surface area contributed by atoms with Gasteiger partial charge in [-0.05, 0) is 12.1 Å². The van der Waals surface area contributed by atoms with Crippen LogP contribution in [0.2, 0.25) is 0 Å². The van der Waals surface area contributed by atoms with Gasteiger partial charge in [0.1, 0.15) is 5.75 Å². The number of carbonyl (C=O) groups excluding carboxylic acids is 1. The molecule has 6 heteroatoms. The van der Waals surface area contributed by atoms with E-state index in [2.05, 4.69) is 10.5 Å². The fourth-order valence-electron chi connectivity index (χ4n) is 1.40. The SMILES string of the molecule is O=C(COc1ccccc1)NCc1cc(CCl)no1. The molecule has 1 amide bonds. The number of nitrogens with zero attached hydrogens (tertiary/aromatic N) is 1. The third-order valence-corrected chi connectivity index (χ3v) is 2.59. The Morgan fingerprint density at radius 1 is 1.37 bits per heavy atom. The smallest absolute Gasteiger partial charge is 0.258 e. The first kappa shape index (κ1) is 13.4. The van der Waals surface area contributed by atoms with Gasteiger partial charge in [0.05, 0.1) is 18.1 Å². The van der Waals surface area contributed by atoms with E-state index in [4.69, 9.17) is 20.9 Å². The molecule has 19 heavy (non-hydrogen) atoms. The molecular formula is C13H13ClN2O3. The Hall–Kier alpha value is -2.01. The number of benzene rings is 1. The number of aromatic nitrogens is 1. The van der Waals surface area contributed by atoms with E-state index in [-0.39, 0.29) is 24.9 Å². The minimum atomic E-state index is -0.229. The van der Waals surface area contributed by atoms with Crippen molar-refractivity contribution in [3.63, 3.8) is 0 Å². The van der Waals surface area contributed by atoms with Gasteiger partial charge in [0.2, 0.25) is 0 Å². The van der Waals surface area contributed by atoms with Crippen LogP contribution in [0.15, 0.2) is 40.9 Å². The maximum atomic E-state index is 11.5. The van der Waals surface area contributed by atoms with E-state index in [0.29, 0.717) is 17.2 Å². The van der Waals surface area contributed by atoms with Crippen molar-refractivity contribution in [2.45, 2.75) is 12.4 Å². The monoisotopic (exact) mass is 280 g/mol. The van der Waals surface area contributed by atoms with Gasteiger partial charge in [-0.1, -0.05) is 23.4 Å². The van der Waals surface area contributed by atoms with Crippen molar-refractivity contribution in [2.24, 2.45) is 0 Å². The lowest BCUT2D eigenvalue weighted by atomic mass is 10.3.